The number of aromatic nitrogens is 1. The van der Waals surface area contributed by atoms with Crippen molar-refractivity contribution >= 4 is 57.2 Å². The third-order valence-electron chi connectivity index (χ3n) is 12.0. The van der Waals surface area contributed by atoms with Crippen LogP contribution in [-0.4, -0.2) is 4.57 Å². The van der Waals surface area contributed by atoms with Crippen molar-refractivity contribution in [2.24, 2.45) is 0 Å². The van der Waals surface area contributed by atoms with Crippen LogP contribution in [0, 0.1) is 0 Å². The van der Waals surface area contributed by atoms with E-state index < -0.39 is 0 Å². The first kappa shape index (κ1) is 33.9. The van der Waals surface area contributed by atoms with E-state index in [1.54, 1.807) is 0 Å². The molecule has 1 atom stereocenters. The highest BCUT2D eigenvalue weighted by atomic mass is 15.1. The molecule has 0 saturated carbocycles. The summed E-state index contributed by atoms with van der Waals surface area (Å²) in [6.45, 7) is 2.43. The van der Waals surface area contributed by atoms with Crippen LogP contribution in [0.2, 0.25) is 0 Å². The Kier molecular flexibility index (Phi) is 8.01. The van der Waals surface area contributed by atoms with Crippen LogP contribution in [0.4, 0.5) is 34.1 Å². The van der Waals surface area contributed by atoms with Gasteiger partial charge in [0.05, 0.1) is 10.9 Å². The van der Waals surface area contributed by atoms with Gasteiger partial charge in [0.1, 0.15) is 0 Å². The molecule has 6 bridgehead atoms. The van der Waals surface area contributed by atoms with Gasteiger partial charge >= 0.3 is 0 Å². The van der Waals surface area contributed by atoms with Crippen molar-refractivity contribution in [3.8, 4) is 27.9 Å². The first-order valence-corrected chi connectivity index (χ1v) is 20.2. The zero-order valence-corrected chi connectivity index (χ0v) is 32.3. The molecule has 1 unspecified atom stereocenters. The van der Waals surface area contributed by atoms with Crippen molar-refractivity contribution in [3.63, 3.8) is 0 Å². The minimum absolute atomic E-state index is 0.341. The Morgan fingerprint density at radius 2 is 1.07 bits per heavy atom. The second-order valence-corrected chi connectivity index (χ2v) is 15.7. The molecule has 3 nitrogen and oxygen atoms in total. The van der Waals surface area contributed by atoms with Crippen LogP contribution in [0.1, 0.15) is 18.9 Å². The Balaban J connectivity index is 1.26. The van der Waals surface area contributed by atoms with E-state index >= 15 is 0 Å². The van der Waals surface area contributed by atoms with Crippen molar-refractivity contribution in [1.29, 1.82) is 0 Å². The summed E-state index contributed by atoms with van der Waals surface area (Å²) in [5, 5.41) is 3.79. The van der Waals surface area contributed by atoms with Gasteiger partial charge in [0, 0.05) is 55.8 Å². The number of rotatable bonds is 5. The van der Waals surface area contributed by atoms with E-state index in [2.05, 4.69) is 240 Å². The van der Waals surface area contributed by atoms with Crippen LogP contribution in [0.25, 0.3) is 51.0 Å². The molecule has 11 rings (SSSR count). The third kappa shape index (κ3) is 5.66. The van der Waals surface area contributed by atoms with E-state index in [9.17, 15) is 0 Å². The topological polar surface area (TPSA) is 11.4 Å². The molecular formula is C55H41N3. The Labute approximate surface area is 339 Å². The molecule has 1 aromatic heterocycles. The fourth-order valence-electron chi connectivity index (χ4n) is 9.27. The lowest BCUT2D eigenvalue weighted by Crippen LogP contribution is -2.37. The lowest BCUT2D eigenvalue weighted by molar-refractivity contribution is 0.652. The number of para-hydroxylation sites is 4. The van der Waals surface area contributed by atoms with Gasteiger partial charge in [0.15, 0.2) is 0 Å². The molecule has 3 heteroatoms. The van der Waals surface area contributed by atoms with Crippen molar-refractivity contribution in [1.82, 2.24) is 4.57 Å². The molecule has 58 heavy (non-hydrogen) atoms. The molecule has 0 spiro atoms. The average molecular weight is 744 g/mol. The molecule has 276 valence electrons. The minimum atomic E-state index is -0.341. The fraction of sp³-hybridized carbons (Fsp3) is 0.0545. The number of fused-ring (bicyclic) bond motifs is 12. The van der Waals surface area contributed by atoms with Crippen LogP contribution in [0.15, 0.2) is 206 Å². The van der Waals surface area contributed by atoms with Crippen LogP contribution in [0.3, 0.4) is 0 Å². The number of benzene rings is 8. The first-order valence-electron chi connectivity index (χ1n) is 20.2. The maximum absolute atomic E-state index is 2.56. The van der Waals surface area contributed by atoms with Gasteiger partial charge in [-0.1, -0.05) is 134 Å². The van der Waals surface area contributed by atoms with E-state index in [4.69, 9.17) is 0 Å². The van der Waals surface area contributed by atoms with E-state index in [0.717, 1.165) is 46.2 Å². The van der Waals surface area contributed by atoms with Crippen molar-refractivity contribution < 1.29 is 0 Å². The fourth-order valence-corrected chi connectivity index (χ4v) is 9.27. The van der Waals surface area contributed by atoms with Gasteiger partial charge in [0.25, 0.3) is 0 Å². The van der Waals surface area contributed by atoms with Crippen molar-refractivity contribution in [3.05, 3.63) is 222 Å². The SMILES string of the molecule is CC12C=c3c(c4ccccc4n3-c3cc(-c4ccccc4)cc(c3)N(c3ccccc3)c3cccc(c3)-c3ccc(N(c4ccccc4)c4ccccc4)cc31)=CC2. The highest BCUT2D eigenvalue weighted by Gasteiger charge is 2.32. The number of hydrogen-bond acceptors (Lipinski definition) is 2. The molecule has 9 aromatic rings. The second kappa shape index (κ2) is 13.7. The summed E-state index contributed by atoms with van der Waals surface area (Å²) < 4.78 is 2.51. The van der Waals surface area contributed by atoms with Gasteiger partial charge in [-0.15, -0.1) is 0 Å². The summed E-state index contributed by atoms with van der Waals surface area (Å²) in [5.74, 6) is 0. The van der Waals surface area contributed by atoms with Gasteiger partial charge in [-0.3, -0.25) is 0 Å². The molecule has 0 amide bonds. The van der Waals surface area contributed by atoms with E-state index in [1.165, 1.54) is 49.3 Å². The highest BCUT2D eigenvalue weighted by Crippen LogP contribution is 2.46. The summed E-state index contributed by atoms with van der Waals surface area (Å²) in [7, 11) is 0. The van der Waals surface area contributed by atoms with Gasteiger partial charge in [-0.25, -0.2) is 0 Å². The largest absolute Gasteiger partial charge is 0.310 e. The molecule has 8 aromatic carbocycles. The Morgan fingerprint density at radius 1 is 0.466 bits per heavy atom. The normalized spacial score (nSPS) is 15.2. The second-order valence-electron chi connectivity index (χ2n) is 15.7. The summed E-state index contributed by atoms with van der Waals surface area (Å²) >= 11 is 0. The van der Waals surface area contributed by atoms with Gasteiger partial charge < -0.3 is 14.4 Å². The molecule has 0 fully saturated rings. The lowest BCUT2D eigenvalue weighted by atomic mass is 9.74. The first-order chi connectivity index (χ1) is 28.6. The van der Waals surface area contributed by atoms with Gasteiger partial charge in [-0.2, -0.15) is 0 Å². The van der Waals surface area contributed by atoms with E-state index in [1.807, 2.05) is 0 Å². The van der Waals surface area contributed by atoms with Crippen LogP contribution in [0.5, 0.6) is 0 Å². The maximum Gasteiger partial charge on any atom is 0.0540 e. The monoisotopic (exact) mass is 743 g/mol. The van der Waals surface area contributed by atoms with Crippen LogP contribution >= 0.6 is 0 Å². The molecule has 1 aliphatic heterocycles. The quantitative estimate of drug-likeness (QED) is 0.174. The highest BCUT2D eigenvalue weighted by molar-refractivity contribution is 5.90. The Hall–Kier alpha value is -7.36. The Bertz CT molecular complexity index is 3060. The molecule has 2 heterocycles. The number of nitrogens with zero attached hydrogens (tertiary/aromatic N) is 3. The minimum Gasteiger partial charge on any atom is -0.310 e. The van der Waals surface area contributed by atoms with E-state index in [-0.39, 0.29) is 5.41 Å². The molecular weight excluding hydrogens is 703 g/mol. The average Bonchev–Trinajstić information content (AvgIpc) is 3.61. The third-order valence-corrected chi connectivity index (χ3v) is 12.0. The van der Waals surface area contributed by atoms with Gasteiger partial charge in [0.2, 0.25) is 0 Å². The summed E-state index contributed by atoms with van der Waals surface area (Å²) in [6.07, 6.45) is 5.92. The van der Waals surface area contributed by atoms with Crippen molar-refractivity contribution in [2.75, 3.05) is 9.80 Å². The lowest BCUT2D eigenvalue weighted by Gasteiger charge is -2.33. The predicted octanol–water partition coefficient (Wildman–Crippen LogP) is 13.1. The van der Waals surface area contributed by atoms with Crippen molar-refractivity contribution in [2.45, 2.75) is 18.8 Å². The summed E-state index contributed by atoms with van der Waals surface area (Å²) in [6, 6.07) is 75.2. The molecule has 0 N–H and O–H groups in total. The Morgan fingerprint density at radius 3 is 1.81 bits per heavy atom. The molecule has 2 aliphatic rings. The smallest absolute Gasteiger partial charge is 0.0540 e. The predicted molar refractivity (Wildman–Crippen MR) is 244 cm³/mol. The molecule has 0 radical (unpaired) electrons. The van der Waals surface area contributed by atoms with Crippen LogP contribution in [-0.2, 0) is 5.41 Å². The summed E-state index contributed by atoms with van der Waals surface area (Å²) in [4.78, 5) is 4.79. The van der Waals surface area contributed by atoms with Gasteiger partial charge in [-0.05, 0) is 125 Å². The zero-order chi connectivity index (χ0) is 38.6. The number of anilines is 6. The van der Waals surface area contributed by atoms with E-state index in [0.29, 0.717) is 0 Å². The zero-order valence-electron chi connectivity index (χ0n) is 32.3. The molecule has 1 aliphatic carbocycles. The number of hydrogen-bond donors (Lipinski definition) is 0. The maximum atomic E-state index is 2.56. The van der Waals surface area contributed by atoms with Crippen LogP contribution < -0.4 is 20.4 Å². The standard InChI is InChI=1S/C55H41N3/c1-55-32-31-51-50-27-14-15-28-53(50)58(54(51)38-55)48-35-41(39-17-6-2-7-18-39)34-47(36-48)57(44-24-12-5-13-25-44)45-26-16-19-40(33-45)49-30-29-46(37-52(49)55)56(42-20-8-3-9-21-42)43-22-10-4-11-23-43/h2-31,33-38H,32H2,1H3. The molecule has 0 saturated heterocycles. The summed E-state index contributed by atoms with van der Waals surface area (Å²) in [5.41, 5.74) is 14.7.